The molecule has 0 saturated heterocycles. The number of esters is 1. The fourth-order valence-corrected chi connectivity index (χ4v) is 3.63. The van der Waals surface area contributed by atoms with Crippen molar-refractivity contribution in [1.82, 2.24) is 10.3 Å². The van der Waals surface area contributed by atoms with Gasteiger partial charge < -0.3 is 10.1 Å². The van der Waals surface area contributed by atoms with Gasteiger partial charge in [0.2, 0.25) is 0 Å². The first kappa shape index (κ1) is 17.3. The Morgan fingerprint density at radius 2 is 1.96 bits per heavy atom. The number of carbonyl (C=O) groups excluding carboxylic acids is 2. The molecule has 3 aromatic rings. The summed E-state index contributed by atoms with van der Waals surface area (Å²) in [6.07, 6.45) is 0.733. The van der Waals surface area contributed by atoms with E-state index < -0.39 is 5.97 Å². The summed E-state index contributed by atoms with van der Waals surface area (Å²) in [4.78, 5) is 28.0. The first-order chi connectivity index (χ1) is 12.2. The van der Waals surface area contributed by atoms with E-state index in [1.807, 2.05) is 47.2 Å². The van der Waals surface area contributed by atoms with E-state index in [-0.39, 0.29) is 18.2 Å². The summed E-state index contributed by atoms with van der Waals surface area (Å²) in [6.45, 7) is 0.193. The molecule has 0 fully saturated rings. The summed E-state index contributed by atoms with van der Waals surface area (Å²) in [5.41, 5.74) is 2.35. The number of carbonyl (C=O) groups is 2. The van der Waals surface area contributed by atoms with Crippen molar-refractivity contribution in [1.29, 1.82) is 0 Å². The Morgan fingerprint density at radius 1 is 1.12 bits per heavy atom. The monoisotopic (exact) mass is 372 g/mol. The molecule has 128 valence electrons. The van der Waals surface area contributed by atoms with E-state index >= 15 is 0 Å². The van der Waals surface area contributed by atoms with E-state index in [1.54, 1.807) is 16.7 Å². The van der Waals surface area contributed by atoms with Crippen LogP contribution in [0.1, 0.15) is 16.1 Å². The summed E-state index contributed by atoms with van der Waals surface area (Å²) in [5.74, 6) is -0.909. The molecule has 0 atom stereocenters. The van der Waals surface area contributed by atoms with Crippen LogP contribution in [0.2, 0.25) is 0 Å². The second-order valence-corrected chi connectivity index (χ2v) is 6.85. The molecule has 0 aliphatic heterocycles. The van der Waals surface area contributed by atoms with Gasteiger partial charge in [0.25, 0.3) is 5.91 Å². The summed E-state index contributed by atoms with van der Waals surface area (Å²) < 4.78 is 5.02. The zero-order valence-electron chi connectivity index (χ0n) is 13.3. The molecule has 0 aliphatic carbocycles. The quantitative estimate of drug-likeness (QED) is 0.646. The molecule has 25 heavy (non-hydrogen) atoms. The van der Waals surface area contributed by atoms with Crippen LogP contribution in [0.5, 0.6) is 0 Å². The molecular formula is C18H16N2O3S2. The van der Waals surface area contributed by atoms with Gasteiger partial charge in [0.15, 0.2) is 12.3 Å². The Bertz CT molecular complexity index is 829. The maximum atomic E-state index is 12.0. The lowest BCUT2D eigenvalue weighted by molar-refractivity contribution is -0.124. The molecule has 5 nitrogen and oxygen atoms in total. The van der Waals surface area contributed by atoms with E-state index in [2.05, 4.69) is 10.3 Å². The highest BCUT2D eigenvalue weighted by Gasteiger charge is 2.15. The third kappa shape index (κ3) is 4.98. The number of thiazole rings is 1. The number of hydrogen-bond donors (Lipinski definition) is 1. The van der Waals surface area contributed by atoms with Gasteiger partial charge >= 0.3 is 5.97 Å². The minimum absolute atomic E-state index is 0.225. The zero-order valence-corrected chi connectivity index (χ0v) is 14.9. The summed E-state index contributed by atoms with van der Waals surface area (Å²) >= 11 is 2.95. The predicted molar refractivity (Wildman–Crippen MR) is 98.9 cm³/mol. The van der Waals surface area contributed by atoms with Crippen LogP contribution in [-0.4, -0.2) is 30.0 Å². The molecule has 0 aliphatic rings. The first-order valence-electron chi connectivity index (χ1n) is 7.68. The van der Waals surface area contributed by atoms with E-state index in [9.17, 15) is 9.59 Å². The van der Waals surface area contributed by atoms with Crippen molar-refractivity contribution in [2.24, 2.45) is 0 Å². The number of rotatable bonds is 7. The number of nitrogens with one attached hydrogen (secondary N) is 1. The van der Waals surface area contributed by atoms with Gasteiger partial charge in [-0.1, -0.05) is 30.3 Å². The van der Waals surface area contributed by atoms with Crippen molar-refractivity contribution in [2.45, 2.75) is 6.42 Å². The van der Waals surface area contributed by atoms with Gasteiger partial charge in [0.1, 0.15) is 5.01 Å². The van der Waals surface area contributed by atoms with Crippen LogP contribution < -0.4 is 5.32 Å². The molecule has 0 saturated carbocycles. The fourth-order valence-electron chi connectivity index (χ4n) is 2.13. The standard InChI is InChI=1S/C18H16N2O3S2/c21-16(19-8-6-13-4-2-1-3-5-13)10-23-18(22)15-12-25-17(20-15)14-7-9-24-11-14/h1-5,7,9,11-12H,6,8,10H2,(H,19,21). The average molecular weight is 372 g/mol. The largest absolute Gasteiger partial charge is 0.451 e. The molecule has 1 aromatic carbocycles. The van der Waals surface area contributed by atoms with E-state index in [1.165, 1.54) is 11.3 Å². The zero-order chi connectivity index (χ0) is 17.5. The highest BCUT2D eigenvalue weighted by Crippen LogP contribution is 2.25. The lowest BCUT2D eigenvalue weighted by Crippen LogP contribution is -2.30. The number of thiophene rings is 1. The smallest absolute Gasteiger partial charge is 0.358 e. The molecule has 2 heterocycles. The molecule has 2 aromatic heterocycles. The molecule has 1 amide bonds. The Balaban J connectivity index is 1.42. The number of benzene rings is 1. The maximum absolute atomic E-state index is 12.0. The number of ether oxygens (including phenoxy) is 1. The second-order valence-electron chi connectivity index (χ2n) is 5.21. The van der Waals surface area contributed by atoms with Crippen LogP contribution in [0.3, 0.4) is 0 Å². The Morgan fingerprint density at radius 3 is 2.72 bits per heavy atom. The lowest BCUT2D eigenvalue weighted by Gasteiger charge is -2.06. The Labute approximate surface area is 153 Å². The normalized spacial score (nSPS) is 10.4. The van der Waals surface area contributed by atoms with Gasteiger partial charge in [-0.2, -0.15) is 11.3 Å². The Hall–Kier alpha value is -2.51. The van der Waals surface area contributed by atoms with Crippen molar-refractivity contribution < 1.29 is 14.3 Å². The van der Waals surface area contributed by atoms with Crippen LogP contribution >= 0.6 is 22.7 Å². The van der Waals surface area contributed by atoms with Gasteiger partial charge in [0, 0.05) is 22.9 Å². The molecule has 1 N–H and O–H groups in total. The van der Waals surface area contributed by atoms with Gasteiger partial charge in [0.05, 0.1) is 0 Å². The molecule has 0 bridgehead atoms. The lowest BCUT2D eigenvalue weighted by atomic mass is 10.1. The van der Waals surface area contributed by atoms with Crippen LogP contribution in [0, 0.1) is 0 Å². The van der Waals surface area contributed by atoms with E-state index in [0.29, 0.717) is 6.54 Å². The average Bonchev–Trinajstić information content (AvgIpc) is 3.32. The van der Waals surface area contributed by atoms with Crippen molar-refractivity contribution in [3.63, 3.8) is 0 Å². The Kier molecular flexibility index (Phi) is 5.92. The van der Waals surface area contributed by atoms with Crippen LogP contribution in [0.15, 0.2) is 52.5 Å². The van der Waals surface area contributed by atoms with Gasteiger partial charge in [-0.15, -0.1) is 11.3 Å². The third-order valence-electron chi connectivity index (χ3n) is 3.39. The van der Waals surface area contributed by atoms with Gasteiger partial charge in [-0.25, -0.2) is 9.78 Å². The van der Waals surface area contributed by atoms with Crippen molar-refractivity contribution in [3.8, 4) is 10.6 Å². The highest BCUT2D eigenvalue weighted by molar-refractivity contribution is 7.14. The molecule has 0 spiro atoms. The second kappa shape index (κ2) is 8.55. The minimum Gasteiger partial charge on any atom is -0.451 e. The number of hydrogen-bond acceptors (Lipinski definition) is 6. The third-order valence-corrected chi connectivity index (χ3v) is 4.97. The molecule has 3 rings (SSSR count). The predicted octanol–water partition coefficient (Wildman–Crippen LogP) is 3.39. The van der Waals surface area contributed by atoms with Gasteiger partial charge in [-0.05, 0) is 23.4 Å². The summed E-state index contributed by atoms with van der Waals surface area (Å²) in [5, 5.41) is 9.06. The highest BCUT2D eigenvalue weighted by atomic mass is 32.1. The molecule has 0 radical (unpaired) electrons. The number of aromatic nitrogens is 1. The minimum atomic E-state index is -0.587. The van der Waals surface area contributed by atoms with E-state index in [4.69, 9.17) is 4.74 Å². The summed E-state index contributed by atoms with van der Waals surface area (Å²) in [7, 11) is 0. The fraction of sp³-hybridized carbons (Fsp3) is 0.167. The van der Waals surface area contributed by atoms with E-state index in [0.717, 1.165) is 22.6 Å². The molecule has 7 heteroatoms. The van der Waals surface area contributed by atoms with Crippen LogP contribution in [0.25, 0.3) is 10.6 Å². The topological polar surface area (TPSA) is 68.3 Å². The van der Waals surface area contributed by atoms with Crippen molar-refractivity contribution in [3.05, 3.63) is 63.8 Å². The maximum Gasteiger partial charge on any atom is 0.358 e. The summed E-state index contributed by atoms with van der Waals surface area (Å²) in [6, 6.07) is 11.8. The number of amides is 1. The first-order valence-corrected chi connectivity index (χ1v) is 9.50. The molecular weight excluding hydrogens is 356 g/mol. The SMILES string of the molecule is O=C(COC(=O)c1csc(-c2ccsc2)n1)NCCc1ccccc1. The van der Waals surface area contributed by atoms with Gasteiger partial charge in [-0.3, -0.25) is 4.79 Å². The van der Waals surface area contributed by atoms with Crippen LogP contribution in [-0.2, 0) is 16.0 Å². The molecule has 0 unspecified atom stereocenters. The van der Waals surface area contributed by atoms with Crippen LogP contribution in [0.4, 0.5) is 0 Å². The van der Waals surface area contributed by atoms with Crippen molar-refractivity contribution in [2.75, 3.05) is 13.2 Å². The number of nitrogens with zero attached hydrogens (tertiary/aromatic N) is 1. The van der Waals surface area contributed by atoms with Crippen molar-refractivity contribution >= 4 is 34.6 Å².